The summed E-state index contributed by atoms with van der Waals surface area (Å²) in [5, 5.41) is 21.5. The lowest BCUT2D eigenvalue weighted by molar-refractivity contribution is -0.142. The fraction of sp³-hybridized carbons (Fsp3) is 0.500. The lowest BCUT2D eigenvalue weighted by Crippen LogP contribution is -2.34. The van der Waals surface area contributed by atoms with E-state index < -0.39 is 11.8 Å². The molecule has 0 saturated heterocycles. The molecule has 19 heavy (non-hydrogen) atoms. The summed E-state index contributed by atoms with van der Waals surface area (Å²) < 4.78 is 13.1. The van der Waals surface area contributed by atoms with Gasteiger partial charge in [0.2, 0.25) is 0 Å². The summed E-state index contributed by atoms with van der Waals surface area (Å²) in [6.45, 7) is 0.480. The predicted molar refractivity (Wildman–Crippen MR) is 68.3 cm³/mol. The van der Waals surface area contributed by atoms with Crippen LogP contribution in [0.3, 0.4) is 0 Å². The summed E-state index contributed by atoms with van der Waals surface area (Å²) in [5.74, 6) is -1.47. The highest BCUT2D eigenvalue weighted by atomic mass is 19.1. The molecule has 0 spiro atoms. The van der Waals surface area contributed by atoms with Gasteiger partial charge in [0.25, 0.3) is 0 Å². The van der Waals surface area contributed by atoms with E-state index in [2.05, 4.69) is 5.32 Å². The third kappa shape index (κ3) is 3.92. The molecule has 3 N–H and O–H groups in total. The Morgan fingerprint density at radius 1 is 1.26 bits per heavy atom. The van der Waals surface area contributed by atoms with Crippen molar-refractivity contribution in [3.05, 3.63) is 29.6 Å². The molecule has 5 heteroatoms. The molecule has 0 heterocycles. The number of carbonyl (C=O) groups is 1. The number of phenols is 1. The summed E-state index contributed by atoms with van der Waals surface area (Å²) in [6, 6.07) is 4.25. The Morgan fingerprint density at radius 3 is 2.53 bits per heavy atom. The van der Waals surface area contributed by atoms with Crippen molar-refractivity contribution >= 4 is 5.97 Å². The van der Waals surface area contributed by atoms with Gasteiger partial charge in [-0.15, -0.1) is 0 Å². The molecule has 1 aromatic carbocycles. The van der Waals surface area contributed by atoms with Gasteiger partial charge in [0.15, 0.2) is 0 Å². The number of aliphatic carboxylic acids is 1. The highest BCUT2D eigenvalue weighted by Crippen LogP contribution is 2.24. The minimum Gasteiger partial charge on any atom is -0.508 e. The molecule has 1 saturated carbocycles. The van der Waals surface area contributed by atoms with Crippen molar-refractivity contribution in [2.45, 2.75) is 38.3 Å². The molecule has 1 fully saturated rings. The maximum absolute atomic E-state index is 13.1. The zero-order valence-corrected chi connectivity index (χ0v) is 10.6. The molecule has 0 aromatic heterocycles. The van der Waals surface area contributed by atoms with Gasteiger partial charge in [-0.1, -0.05) is 0 Å². The van der Waals surface area contributed by atoms with Crippen molar-refractivity contribution in [3.8, 4) is 5.75 Å². The first-order chi connectivity index (χ1) is 9.04. The number of carboxylic acid groups (broad SMARTS) is 1. The van der Waals surface area contributed by atoms with E-state index in [9.17, 15) is 14.3 Å². The van der Waals surface area contributed by atoms with Gasteiger partial charge >= 0.3 is 5.97 Å². The first kappa shape index (κ1) is 13.8. The van der Waals surface area contributed by atoms with Gasteiger partial charge in [0.1, 0.15) is 11.6 Å². The topological polar surface area (TPSA) is 69.6 Å². The Labute approximate surface area is 111 Å². The fourth-order valence-electron chi connectivity index (χ4n) is 2.54. The summed E-state index contributed by atoms with van der Waals surface area (Å²) >= 11 is 0. The van der Waals surface area contributed by atoms with Gasteiger partial charge in [0.05, 0.1) is 5.92 Å². The van der Waals surface area contributed by atoms with E-state index in [1.807, 2.05) is 0 Å². The van der Waals surface area contributed by atoms with Crippen LogP contribution in [0.25, 0.3) is 0 Å². The monoisotopic (exact) mass is 267 g/mol. The first-order valence-corrected chi connectivity index (χ1v) is 6.49. The molecule has 4 nitrogen and oxygen atoms in total. The van der Waals surface area contributed by atoms with Crippen LogP contribution in [0.15, 0.2) is 18.2 Å². The Morgan fingerprint density at radius 2 is 1.95 bits per heavy atom. The van der Waals surface area contributed by atoms with Crippen LogP contribution < -0.4 is 5.32 Å². The second kappa shape index (κ2) is 6.02. The molecule has 0 aliphatic heterocycles. The molecule has 0 bridgehead atoms. The molecule has 104 valence electrons. The number of phenolic OH excluding ortho intramolecular Hbond substituents is 1. The molecular formula is C14H18FNO3. The SMILES string of the molecule is O=C(O)C1CCC(NCc2cc(O)cc(F)c2)CC1. The van der Waals surface area contributed by atoms with Crippen LogP contribution in [-0.2, 0) is 11.3 Å². The number of hydrogen-bond acceptors (Lipinski definition) is 3. The van der Waals surface area contributed by atoms with E-state index in [-0.39, 0.29) is 17.7 Å². The molecule has 1 aliphatic carbocycles. The normalized spacial score (nSPS) is 23.2. The van der Waals surface area contributed by atoms with Crippen molar-refractivity contribution in [3.63, 3.8) is 0 Å². The molecular weight excluding hydrogens is 249 g/mol. The Bertz CT molecular complexity index is 436. The summed E-state index contributed by atoms with van der Waals surface area (Å²) in [4.78, 5) is 10.8. The minimum absolute atomic E-state index is 0.0774. The molecule has 2 rings (SSSR count). The van der Waals surface area contributed by atoms with Crippen LogP contribution in [-0.4, -0.2) is 22.2 Å². The van der Waals surface area contributed by atoms with E-state index >= 15 is 0 Å². The van der Waals surface area contributed by atoms with Crippen LogP contribution in [0.5, 0.6) is 5.75 Å². The second-order valence-electron chi connectivity index (χ2n) is 5.09. The molecule has 0 radical (unpaired) electrons. The zero-order valence-electron chi connectivity index (χ0n) is 10.6. The number of nitrogens with one attached hydrogen (secondary N) is 1. The van der Waals surface area contributed by atoms with Gasteiger partial charge in [-0.05, 0) is 43.4 Å². The van der Waals surface area contributed by atoms with E-state index in [1.165, 1.54) is 12.1 Å². The highest BCUT2D eigenvalue weighted by molar-refractivity contribution is 5.70. The van der Waals surface area contributed by atoms with Crippen LogP contribution in [0.2, 0.25) is 0 Å². The molecule has 0 amide bonds. The number of benzene rings is 1. The number of halogens is 1. The highest BCUT2D eigenvalue weighted by Gasteiger charge is 2.25. The average Bonchev–Trinajstić information content (AvgIpc) is 2.36. The molecule has 0 atom stereocenters. The van der Waals surface area contributed by atoms with Crippen LogP contribution >= 0.6 is 0 Å². The Balaban J connectivity index is 1.82. The maximum atomic E-state index is 13.1. The van der Waals surface area contributed by atoms with Crippen LogP contribution in [0.4, 0.5) is 4.39 Å². The van der Waals surface area contributed by atoms with E-state index in [0.717, 1.165) is 18.9 Å². The third-order valence-electron chi connectivity index (χ3n) is 3.61. The average molecular weight is 267 g/mol. The fourth-order valence-corrected chi connectivity index (χ4v) is 2.54. The summed E-state index contributed by atoms with van der Waals surface area (Å²) in [7, 11) is 0. The molecule has 0 unspecified atom stereocenters. The van der Waals surface area contributed by atoms with Crippen molar-refractivity contribution in [2.24, 2.45) is 5.92 Å². The quantitative estimate of drug-likeness (QED) is 0.782. The minimum atomic E-state index is -0.714. The Kier molecular flexibility index (Phi) is 4.37. The van der Waals surface area contributed by atoms with Crippen molar-refractivity contribution in [1.29, 1.82) is 0 Å². The van der Waals surface area contributed by atoms with Gasteiger partial charge < -0.3 is 15.5 Å². The van der Waals surface area contributed by atoms with E-state index in [4.69, 9.17) is 5.11 Å². The lowest BCUT2D eigenvalue weighted by atomic mass is 9.86. The molecule has 1 aromatic rings. The second-order valence-corrected chi connectivity index (χ2v) is 5.09. The summed E-state index contributed by atoms with van der Waals surface area (Å²) in [5.41, 5.74) is 0.692. The Hall–Kier alpha value is -1.62. The largest absolute Gasteiger partial charge is 0.508 e. The standard InChI is InChI=1S/C14H18FNO3/c15-11-5-9(6-13(17)7-11)8-16-12-3-1-10(2-4-12)14(18)19/h5-7,10,12,16-17H,1-4,8H2,(H,18,19). The van der Waals surface area contributed by atoms with Gasteiger partial charge in [0, 0.05) is 18.7 Å². The number of aromatic hydroxyl groups is 1. The maximum Gasteiger partial charge on any atom is 0.306 e. The number of hydrogen-bond donors (Lipinski definition) is 3. The molecule has 1 aliphatic rings. The smallest absolute Gasteiger partial charge is 0.306 e. The van der Waals surface area contributed by atoms with Crippen molar-refractivity contribution < 1.29 is 19.4 Å². The van der Waals surface area contributed by atoms with E-state index in [1.54, 1.807) is 0 Å². The third-order valence-corrected chi connectivity index (χ3v) is 3.61. The van der Waals surface area contributed by atoms with Gasteiger partial charge in [-0.3, -0.25) is 4.79 Å². The predicted octanol–water partition coefficient (Wildman–Crippen LogP) is 2.26. The first-order valence-electron chi connectivity index (χ1n) is 6.49. The number of rotatable bonds is 4. The van der Waals surface area contributed by atoms with Crippen molar-refractivity contribution in [1.82, 2.24) is 5.32 Å². The van der Waals surface area contributed by atoms with Gasteiger partial charge in [-0.25, -0.2) is 4.39 Å². The number of carboxylic acids is 1. The van der Waals surface area contributed by atoms with E-state index in [0.29, 0.717) is 24.9 Å². The summed E-state index contributed by atoms with van der Waals surface area (Å²) in [6.07, 6.45) is 3.00. The lowest BCUT2D eigenvalue weighted by Gasteiger charge is -2.27. The van der Waals surface area contributed by atoms with Crippen molar-refractivity contribution in [2.75, 3.05) is 0 Å². The van der Waals surface area contributed by atoms with Crippen LogP contribution in [0, 0.1) is 11.7 Å². The zero-order chi connectivity index (χ0) is 13.8. The van der Waals surface area contributed by atoms with Gasteiger partial charge in [-0.2, -0.15) is 0 Å². The van der Waals surface area contributed by atoms with Crippen LogP contribution in [0.1, 0.15) is 31.2 Å².